The van der Waals surface area contributed by atoms with Gasteiger partial charge in [-0.15, -0.1) is 0 Å². The van der Waals surface area contributed by atoms with Crippen molar-refractivity contribution in [3.63, 3.8) is 0 Å². The Hall–Kier alpha value is -1.53. The van der Waals surface area contributed by atoms with E-state index >= 15 is 0 Å². The summed E-state index contributed by atoms with van der Waals surface area (Å²) >= 11 is 4.62. The molecular weight excluding hydrogens is 330 g/mol. The topological polar surface area (TPSA) is 59.4 Å². The zero-order valence-corrected chi connectivity index (χ0v) is 12.4. The van der Waals surface area contributed by atoms with Crippen LogP contribution in [-0.2, 0) is 0 Å². The summed E-state index contributed by atoms with van der Waals surface area (Å²) in [7, 11) is 1.54. The number of ether oxygens (including phenoxy) is 1. The molecule has 0 atom stereocenters. The monoisotopic (exact) mass is 339 g/mol. The fourth-order valence-electron chi connectivity index (χ4n) is 1.44. The first-order valence-electron chi connectivity index (χ1n) is 5.32. The Balaban J connectivity index is 2.36. The van der Waals surface area contributed by atoms with Gasteiger partial charge in [0, 0.05) is 15.4 Å². The fraction of sp³-hybridized carbons (Fsp3) is 0.0769. The van der Waals surface area contributed by atoms with Crippen molar-refractivity contribution >= 4 is 33.7 Å². The molecule has 0 amide bonds. The van der Waals surface area contributed by atoms with Gasteiger partial charge in [-0.25, -0.2) is 9.78 Å². The van der Waals surface area contributed by atoms with Crippen molar-refractivity contribution in [2.75, 3.05) is 7.11 Å². The second kappa shape index (κ2) is 6.08. The second-order valence-electron chi connectivity index (χ2n) is 3.57. The molecule has 4 nitrogen and oxygen atoms in total. The van der Waals surface area contributed by atoms with Crippen LogP contribution < -0.4 is 4.74 Å². The van der Waals surface area contributed by atoms with E-state index in [4.69, 9.17) is 9.84 Å². The van der Waals surface area contributed by atoms with Gasteiger partial charge in [0.05, 0.1) is 12.7 Å². The number of carbonyl (C=O) groups is 1. The molecule has 0 spiro atoms. The third kappa shape index (κ3) is 3.48. The Bertz CT molecular complexity index is 619. The highest BCUT2D eigenvalue weighted by atomic mass is 79.9. The molecule has 1 aromatic carbocycles. The molecule has 0 aliphatic rings. The lowest BCUT2D eigenvalue weighted by Crippen LogP contribution is -1.98. The molecule has 2 rings (SSSR count). The zero-order valence-electron chi connectivity index (χ0n) is 9.96. The molecule has 0 aliphatic heterocycles. The van der Waals surface area contributed by atoms with E-state index in [1.54, 1.807) is 37.4 Å². The molecule has 0 bridgehead atoms. The number of benzene rings is 1. The average Bonchev–Trinajstić information content (AvgIpc) is 2.38. The van der Waals surface area contributed by atoms with Gasteiger partial charge in [-0.1, -0.05) is 33.8 Å². The van der Waals surface area contributed by atoms with Gasteiger partial charge in [0.15, 0.2) is 0 Å². The van der Waals surface area contributed by atoms with E-state index in [9.17, 15) is 4.79 Å². The van der Waals surface area contributed by atoms with Gasteiger partial charge in [0.2, 0.25) is 5.88 Å². The fourth-order valence-corrected chi connectivity index (χ4v) is 2.91. The highest BCUT2D eigenvalue weighted by Gasteiger charge is 2.12. The normalized spacial score (nSPS) is 10.2. The summed E-state index contributed by atoms with van der Waals surface area (Å²) in [6.45, 7) is 0. The van der Waals surface area contributed by atoms with Crippen LogP contribution in [0.25, 0.3) is 0 Å². The smallest absolute Gasteiger partial charge is 0.336 e. The molecule has 1 N–H and O–H groups in total. The lowest BCUT2D eigenvalue weighted by atomic mass is 10.2. The first-order valence-corrected chi connectivity index (χ1v) is 6.93. The Morgan fingerprint density at radius 2 is 2.16 bits per heavy atom. The molecule has 0 fully saturated rings. The van der Waals surface area contributed by atoms with Crippen molar-refractivity contribution in [2.45, 2.75) is 9.92 Å². The molecular formula is C13H10BrNO3S. The predicted molar refractivity (Wildman–Crippen MR) is 76.0 cm³/mol. The van der Waals surface area contributed by atoms with Crippen LogP contribution in [0.1, 0.15) is 10.4 Å². The van der Waals surface area contributed by atoms with Gasteiger partial charge in [-0.05, 0) is 24.3 Å². The lowest BCUT2D eigenvalue weighted by molar-refractivity contribution is 0.0693. The second-order valence-corrected chi connectivity index (χ2v) is 5.54. The van der Waals surface area contributed by atoms with E-state index in [0.29, 0.717) is 15.8 Å². The first-order chi connectivity index (χ1) is 9.10. The summed E-state index contributed by atoms with van der Waals surface area (Å²) in [4.78, 5) is 16.0. The largest absolute Gasteiger partial charge is 0.481 e. The summed E-state index contributed by atoms with van der Waals surface area (Å²) < 4.78 is 5.87. The molecule has 19 heavy (non-hydrogen) atoms. The van der Waals surface area contributed by atoms with Crippen LogP contribution in [0.2, 0.25) is 0 Å². The number of carboxylic acid groups (broad SMARTS) is 1. The number of hydrogen-bond donors (Lipinski definition) is 1. The van der Waals surface area contributed by atoms with E-state index in [0.717, 1.165) is 4.47 Å². The van der Waals surface area contributed by atoms with Crippen molar-refractivity contribution in [1.29, 1.82) is 0 Å². The highest BCUT2D eigenvalue weighted by Crippen LogP contribution is 2.32. The highest BCUT2D eigenvalue weighted by molar-refractivity contribution is 9.10. The van der Waals surface area contributed by atoms with Crippen molar-refractivity contribution in [2.24, 2.45) is 0 Å². The van der Waals surface area contributed by atoms with Crippen molar-refractivity contribution in [1.82, 2.24) is 4.98 Å². The number of methoxy groups -OCH3 is 1. The van der Waals surface area contributed by atoms with Gasteiger partial charge >= 0.3 is 5.97 Å². The summed E-state index contributed by atoms with van der Waals surface area (Å²) in [6, 6.07) is 10.4. The van der Waals surface area contributed by atoms with Crippen LogP contribution in [0.3, 0.4) is 0 Å². The molecule has 98 valence electrons. The van der Waals surface area contributed by atoms with Gasteiger partial charge in [-0.3, -0.25) is 0 Å². The number of halogens is 1. The lowest BCUT2D eigenvalue weighted by Gasteiger charge is -2.07. The number of aromatic carboxylic acids is 1. The minimum Gasteiger partial charge on any atom is -0.481 e. The molecule has 1 heterocycles. The van der Waals surface area contributed by atoms with E-state index < -0.39 is 5.97 Å². The van der Waals surface area contributed by atoms with E-state index in [1.807, 2.05) is 6.07 Å². The van der Waals surface area contributed by atoms with Crippen molar-refractivity contribution in [3.8, 4) is 5.88 Å². The van der Waals surface area contributed by atoms with E-state index in [2.05, 4.69) is 20.9 Å². The summed E-state index contributed by atoms with van der Waals surface area (Å²) in [5.74, 6) is -0.463. The summed E-state index contributed by atoms with van der Waals surface area (Å²) in [5, 5.41) is 9.84. The maximum atomic E-state index is 11.2. The third-order valence-corrected chi connectivity index (χ3v) is 3.78. The zero-order chi connectivity index (χ0) is 13.8. The maximum Gasteiger partial charge on any atom is 0.336 e. The predicted octanol–water partition coefficient (Wildman–Crippen LogP) is 3.70. The van der Waals surface area contributed by atoms with E-state index in [-0.39, 0.29) is 5.56 Å². The average molecular weight is 340 g/mol. The van der Waals surface area contributed by atoms with E-state index in [1.165, 1.54) is 11.8 Å². The summed E-state index contributed by atoms with van der Waals surface area (Å²) in [6.07, 6.45) is 0. The van der Waals surface area contributed by atoms with Crippen LogP contribution in [0, 0.1) is 0 Å². The SMILES string of the molecule is COc1cccc(Sc2cc(Br)ccc2C(=O)O)n1. The standard InChI is InChI=1S/C13H10BrNO3S/c1-18-11-3-2-4-12(15-11)19-10-7-8(14)5-6-9(10)13(16)17/h2-7H,1H3,(H,16,17). The number of rotatable bonds is 4. The number of carboxylic acids is 1. The van der Waals surface area contributed by atoms with Crippen LogP contribution >= 0.6 is 27.7 Å². The Morgan fingerprint density at radius 1 is 1.37 bits per heavy atom. The molecule has 1 aromatic heterocycles. The number of hydrogen-bond acceptors (Lipinski definition) is 4. The van der Waals surface area contributed by atoms with Gasteiger partial charge in [-0.2, -0.15) is 0 Å². The Labute approximate surface area is 122 Å². The maximum absolute atomic E-state index is 11.2. The van der Waals surface area contributed by atoms with Crippen LogP contribution in [0.15, 0.2) is 50.8 Å². The number of nitrogens with zero attached hydrogens (tertiary/aromatic N) is 1. The van der Waals surface area contributed by atoms with Crippen molar-refractivity contribution in [3.05, 3.63) is 46.4 Å². The minimum atomic E-state index is -0.960. The van der Waals surface area contributed by atoms with Crippen LogP contribution in [-0.4, -0.2) is 23.2 Å². The van der Waals surface area contributed by atoms with Gasteiger partial charge in [0.1, 0.15) is 5.03 Å². The molecule has 0 saturated heterocycles. The molecule has 0 aliphatic carbocycles. The quantitative estimate of drug-likeness (QED) is 0.920. The number of aromatic nitrogens is 1. The molecule has 2 aromatic rings. The Morgan fingerprint density at radius 3 is 2.84 bits per heavy atom. The first kappa shape index (κ1) is 13.9. The van der Waals surface area contributed by atoms with Gasteiger partial charge in [0.25, 0.3) is 0 Å². The van der Waals surface area contributed by atoms with Crippen LogP contribution in [0.5, 0.6) is 5.88 Å². The Kier molecular flexibility index (Phi) is 4.44. The molecule has 6 heteroatoms. The minimum absolute atomic E-state index is 0.248. The molecule has 0 saturated carbocycles. The van der Waals surface area contributed by atoms with Crippen LogP contribution in [0.4, 0.5) is 0 Å². The third-order valence-electron chi connectivity index (χ3n) is 2.30. The molecule has 0 unspecified atom stereocenters. The van der Waals surface area contributed by atoms with Crippen molar-refractivity contribution < 1.29 is 14.6 Å². The number of pyridine rings is 1. The molecule has 0 radical (unpaired) electrons. The van der Waals surface area contributed by atoms with Gasteiger partial charge < -0.3 is 9.84 Å². The summed E-state index contributed by atoms with van der Waals surface area (Å²) in [5.41, 5.74) is 0.248.